The van der Waals surface area contributed by atoms with Crippen LogP contribution in [0.2, 0.25) is 0 Å². The van der Waals surface area contributed by atoms with E-state index in [9.17, 15) is 36.1 Å². The van der Waals surface area contributed by atoms with Crippen LogP contribution in [0.25, 0.3) is 0 Å². The fourth-order valence-corrected chi connectivity index (χ4v) is 3.67. The lowest BCUT2D eigenvalue weighted by Gasteiger charge is -2.21. The summed E-state index contributed by atoms with van der Waals surface area (Å²) in [6.07, 6.45) is 2.97. The second-order valence-corrected chi connectivity index (χ2v) is 8.32. The summed E-state index contributed by atoms with van der Waals surface area (Å²) in [6.45, 7) is 0. The number of nitrogens with one attached hydrogen (secondary N) is 1. The normalized spacial score (nSPS) is 13.1. The fourth-order valence-electron chi connectivity index (χ4n) is 2.89. The highest BCUT2D eigenvalue weighted by atomic mass is 32.2. The number of rotatable bonds is 6. The van der Waals surface area contributed by atoms with E-state index in [1.807, 2.05) is 0 Å². The molecule has 0 amide bonds. The Balaban J connectivity index is 2.13. The van der Waals surface area contributed by atoms with Crippen molar-refractivity contribution in [2.45, 2.75) is 16.4 Å². The Labute approximate surface area is 173 Å². The van der Waals surface area contributed by atoms with Crippen LogP contribution < -0.4 is 5.32 Å². The number of imidazole rings is 1. The minimum atomic E-state index is -5.80. The third-order valence-corrected chi connectivity index (χ3v) is 5.90. The molecule has 8 nitrogen and oxygen atoms in total. The molecule has 0 aliphatic rings. The molecule has 13 heteroatoms. The Morgan fingerprint density at radius 1 is 1.19 bits per heavy atom. The molecule has 31 heavy (non-hydrogen) atoms. The van der Waals surface area contributed by atoms with Gasteiger partial charge < -0.3 is 9.88 Å². The van der Waals surface area contributed by atoms with Gasteiger partial charge in [0.1, 0.15) is 23.4 Å². The molecule has 0 spiro atoms. The molecule has 3 rings (SSSR count). The Hall–Kier alpha value is -3.48. The highest BCUT2D eigenvalue weighted by Gasteiger charge is 2.47. The van der Waals surface area contributed by atoms with Crippen LogP contribution in [0.3, 0.4) is 0 Å². The molecular weight excluding hydrogens is 444 g/mol. The van der Waals surface area contributed by atoms with Gasteiger partial charge in [-0.25, -0.2) is 17.8 Å². The lowest BCUT2D eigenvalue weighted by atomic mass is 10.0. The second-order valence-electron chi connectivity index (χ2n) is 6.38. The van der Waals surface area contributed by atoms with Crippen molar-refractivity contribution >= 4 is 21.2 Å². The van der Waals surface area contributed by atoms with Crippen LogP contribution >= 0.6 is 0 Å². The monoisotopic (exact) mass is 458 g/mol. The minimum absolute atomic E-state index is 0.0677. The van der Waals surface area contributed by atoms with E-state index in [0.717, 1.165) is 6.07 Å². The van der Waals surface area contributed by atoms with Gasteiger partial charge in [-0.05, 0) is 18.2 Å². The zero-order valence-corrected chi connectivity index (χ0v) is 16.5. The van der Waals surface area contributed by atoms with E-state index in [-0.39, 0.29) is 17.1 Å². The van der Waals surface area contributed by atoms with E-state index in [1.54, 1.807) is 13.2 Å². The summed E-state index contributed by atoms with van der Waals surface area (Å²) in [5.41, 5.74) is -6.81. The molecule has 1 aromatic heterocycles. The molecule has 0 radical (unpaired) electrons. The van der Waals surface area contributed by atoms with Gasteiger partial charge in [-0.3, -0.25) is 10.1 Å². The van der Waals surface area contributed by atoms with E-state index in [0.29, 0.717) is 12.1 Å². The molecule has 1 atom stereocenters. The third kappa shape index (κ3) is 4.21. The average molecular weight is 458 g/mol. The first-order chi connectivity index (χ1) is 14.4. The summed E-state index contributed by atoms with van der Waals surface area (Å²) in [7, 11) is -4.19. The highest BCUT2D eigenvalue weighted by Crippen LogP contribution is 2.37. The summed E-state index contributed by atoms with van der Waals surface area (Å²) in [4.78, 5) is 13.3. The summed E-state index contributed by atoms with van der Waals surface area (Å²) >= 11 is 0. The van der Waals surface area contributed by atoms with Crippen molar-refractivity contribution in [1.82, 2.24) is 9.55 Å². The van der Waals surface area contributed by atoms with Gasteiger partial charge in [0, 0.05) is 31.1 Å². The van der Waals surface area contributed by atoms with E-state index < -0.39 is 42.7 Å². The average Bonchev–Trinajstić information content (AvgIpc) is 3.11. The Bertz CT molecular complexity index is 1240. The maximum atomic E-state index is 14.5. The van der Waals surface area contributed by atoms with Gasteiger partial charge in [-0.2, -0.15) is 13.2 Å². The standard InChI is InChI=1S/C18H14F4N4O4S/c1-25-9-8-23-17(25)16(12-4-2-3-5-13(12)19)24-14-7-6-11(10-15(14)26(27)28)31(29,30)18(20,21)22/h2-10,16,24H,1H3. The van der Waals surface area contributed by atoms with Gasteiger partial charge >= 0.3 is 5.51 Å². The minimum Gasteiger partial charge on any atom is -0.366 e. The Morgan fingerprint density at radius 2 is 1.87 bits per heavy atom. The van der Waals surface area contributed by atoms with Crippen molar-refractivity contribution in [3.63, 3.8) is 0 Å². The molecular formula is C18H14F4N4O4S. The zero-order chi connectivity index (χ0) is 23.0. The molecule has 2 aromatic carbocycles. The van der Waals surface area contributed by atoms with Crippen molar-refractivity contribution in [3.8, 4) is 0 Å². The third-order valence-electron chi connectivity index (χ3n) is 4.41. The van der Waals surface area contributed by atoms with E-state index in [4.69, 9.17) is 0 Å². The molecule has 0 saturated carbocycles. The van der Waals surface area contributed by atoms with Gasteiger partial charge in [0.05, 0.1) is 9.82 Å². The smallest absolute Gasteiger partial charge is 0.366 e. The van der Waals surface area contributed by atoms with Crippen LogP contribution in [-0.2, 0) is 16.9 Å². The number of nitro benzene ring substituents is 1. The number of aromatic nitrogens is 2. The topological polar surface area (TPSA) is 107 Å². The lowest BCUT2D eigenvalue weighted by Crippen LogP contribution is -2.23. The predicted molar refractivity (Wildman–Crippen MR) is 101 cm³/mol. The molecule has 1 N–H and O–H groups in total. The van der Waals surface area contributed by atoms with E-state index in [1.165, 1.54) is 35.0 Å². The number of alkyl halides is 3. The summed E-state index contributed by atoms with van der Waals surface area (Å²) < 4.78 is 77.7. The first-order valence-electron chi connectivity index (χ1n) is 8.51. The SMILES string of the molecule is Cn1ccnc1C(Nc1ccc(S(=O)(=O)C(F)(F)F)cc1[N+](=O)[O-])c1ccccc1F. The number of nitrogens with zero attached hydrogens (tertiary/aromatic N) is 3. The molecule has 0 aliphatic heterocycles. The van der Waals surface area contributed by atoms with Gasteiger partial charge in [0.15, 0.2) is 0 Å². The molecule has 3 aromatic rings. The molecule has 0 bridgehead atoms. The number of hydrogen-bond acceptors (Lipinski definition) is 6. The van der Waals surface area contributed by atoms with Crippen LogP contribution in [0.4, 0.5) is 28.9 Å². The maximum Gasteiger partial charge on any atom is 0.501 e. The van der Waals surface area contributed by atoms with Crippen LogP contribution in [0.5, 0.6) is 0 Å². The Morgan fingerprint density at radius 3 is 2.42 bits per heavy atom. The van der Waals surface area contributed by atoms with Gasteiger partial charge in [-0.15, -0.1) is 0 Å². The van der Waals surface area contributed by atoms with Crippen molar-refractivity contribution in [2.75, 3.05) is 5.32 Å². The summed E-state index contributed by atoms with van der Waals surface area (Å²) in [5, 5.41) is 14.2. The first kappa shape index (κ1) is 22.2. The van der Waals surface area contributed by atoms with Crippen LogP contribution in [0, 0.1) is 15.9 Å². The number of sulfone groups is 1. The first-order valence-corrected chi connectivity index (χ1v) is 9.99. The van der Waals surface area contributed by atoms with Crippen molar-refractivity contribution in [3.05, 3.63) is 82.2 Å². The molecule has 164 valence electrons. The van der Waals surface area contributed by atoms with Crippen molar-refractivity contribution in [2.24, 2.45) is 7.05 Å². The molecule has 0 aliphatic carbocycles. The number of nitro groups is 1. The zero-order valence-electron chi connectivity index (χ0n) is 15.7. The van der Waals surface area contributed by atoms with Crippen LogP contribution in [-0.4, -0.2) is 28.4 Å². The Kier molecular flexibility index (Phi) is 5.72. The number of aryl methyl sites for hydroxylation is 1. The number of anilines is 1. The molecule has 0 fully saturated rings. The van der Waals surface area contributed by atoms with Gasteiger partial charge in [0.25, 0.3) is 15.5 Å². The second kappa shape index (κ2) is 7.98. The quantitative estimate of drug-likeness (QED) is 0.340. The molecule has 0 saturated heterocycles. The van der Waals surface area contributed by atoms with Gasteiger partial charge in [0.2, 0.25) is 0 Å². The van der Waals surface area contributed by atoms with Crippen LogP contribution in [0.1, 0.15) is 17.4 Å². The lowest BCUT2D eigenvalue weighted by molar-refractivity contribution is -0.384. The van der Waals surface area contributed by atoms with Crippen molar-refractivity contribution in [1.29, 1.82) is 0 Å². The molecule has 1 heterocycles. The highest BCUT2D eigenvalue weighted by molar-refractivity contribution is 7.92. The summed E-state index contributed by atoms with van der Waals surface area (Å²) in [6, 6.07) is 6.21. The molecule has 1 unspecified atom stereocenters. The largest absolute Gasteiger partial charge is 0.501 e. The summed E-state index contributed by atoms with van der Waals surface area (Å²) in [5.74, 6) is -0.395. The number of benzene rings is 2. The number of halogens is 4. The maximum absolute atomic E-state index is 14.5. The van der Waals surface area contributed by atoms with E-state index >= 15 is 0 Å². The van der Waals surface area contributed by atoms with Gasteiger partial charge in [-0.1, -0.05) is 18.2 Å². The fraction of sp³-hybridized carbons (Fsp3) is 0.167. The predicted octanol–water partition coefficient (Wildman–Crippen LogP) is 3.96. The van der Waals surface area contributed by atoms with Crippen LogP contribution in [0.15, 0.2) is 59.8 Å². The van der Waals surface area contributed by atoms with E-state index in [2.05, 4.69) is 10.3 Å². The number of hydrogen-bond donors (Lipinski definition) is 1. The van der Waals surface area contributed by atoms with Crippen molar-refractivity contribution < 1.29 is 30.9 Å².